The third kappa shape index (κ3) is 10.1. The average Bonchev–Trinajstić information content (AvgIpc) is 2.33. The Kier molecular flexibility index (Phi) is 9.87. The molecule has 100 valence electrons. The summed E-state index contributed by atoms with van der Waals surface area (Å²) in [5, 5.41) is 2.62. The fourth-order valence-electron chi connectivity index (χ4n) is 1.02. The van der Waals surface area contributed by atoms with Crippen LogP contribution < -0.4 is 5.09 Å². The van der Waals surface area contributed by atoms with Crippen LogP contribution in [0.5, 0.6) is 0 Å². The maximum Gasteiger partial charge on any atom is 0.508 e. The quantitative estimate of drug-likeness (QED) is 0.414. The topological polar surface area (TPSA) is 64.6 Å². The molecule has 0 aliphatic rings. The Balaban J connectivity index is 3.62. The minimum atomic E-state index is -1.81. The van der Waals surface area contributed by atoms with Crippen LogP contribution in [0.3, 0.4) is 0 Å². The third-order valence-corrected chi connectivity index (χ3v) is 3.24. The van der Waals surface area contributed by atoms with Crippen molar-refractivity contribution in [2.45, 2.75) is 26.7 Å². The highest BCUT2D eigenvalue weighted by atomic mass is 31.1. The van der Waals surface area contributed by atoms with Crippen molar-refractivity contribution in [3.05, 3.63) is 11.6 Å². The van der Waals surface area contributed by atoms with E-state index in [4.69, 9.17) is 9.47 Å². The fraction of sp³-hybridized carbons (Fsp3) is 0.727. The average molecular weight is 263 g/mol. The normalized spacial score (nSPS) is 13.2. The summed E-state index contributed by atoms with van der Waals surface area (Å²) in [6, 6.07) is 0. The number of hydrogen-bond donors (Lipinski definition) is 1. The van der Waals surface area contributed by atoms with Crippen LogP contribution >= 0.6 is 7.95 Å². The van der Waals surface area contributed by atoms with Crippen LogP contribution in [0.1, 0.15) is 26.7 Å². The number of hydrogen-bond acceptors (Lipinski definition) is 4. The van der Waals surface area contributed by atoms with Gasteiger partial charge in [-0.3, -0.25) is 5.09 Å². The number of carbonyl (C=O) groups is 1. The van der Waals surface area contributed by atoms with Gasteiger partial charge in [0.25, 0.3) is 0 Å². The molecular weight excluding hydrogens is 241 g/mol. The lowest BCUT2D eigenvalue weighted by molar-refractivity contribution is 0.0660. The standard InChI is InChI=1S/C11H22NO4P/c1-4-5-6-10(2)9-16-11(13)15-7-8-17(14)12-3/h6,17H,4-5,7-9H2,1-3H3,(H,12,14)/b10-6+. The molecule has 0 radical (unpaired) electrons. The second kappa shape index (κ2) is 10.4. The monoisotopic (exact) mass is 263 g/mol. The predicted molar refractivity (Wildman–Crippen MR) is 68.9 cm³/mol. The van der Waals surface area contributed by atoms with E-state index >= 15 is 0 Å². The van der Waals surface area contributed by atoms with Gasteiger partial charge in [-0.2, -0.15) is 0 Å². The zero-order valence-corrected chi connectivity index (χ0v) is 11.7. The highest BCUT2D eigenvalue weighted by Crippen LogP contribution is 2.11. The molecule has 0 saturated carbocycles. The Labute approximate surface area is 103 Å². The largest absolute Gasteiger partial charge is 0.508 e. The highest BCUT2D eigenvalue weighted by molar-refractivity contribution is 7.42. The zero-order valence-electron chi connectivity index (χ0n) is 10.7. The minimum absolute atomic E-state index is 0.120. The first-order valence-corrected chi connectivity index (χ1v) is 7.37. The van der Waals surface area contributed by atoms with E-state index in [9.17, 15) is 9.36 Å². The Hall–Kier alpha value is -0.800. The Bertz CT molecular complexity index is 279. The maximum absolute atomic E-state index is 11.1. The third-order valence-electron chi connectivity index (χ3n) is 2.03. The molecule has 1 N–H and O–H groups in total. The Morgan fingerprint density at radius 3 is 2.71 bits per heavy atom. The van der Waals surface area contributed by atoms with Crippen molar-refractivity contribution in [2.75, 3.05) is 26.4 Å². The molecular formula is C11H22NO4P. The fourth-order valence-corrected chi connectivity index (χ4v) is 1.55. The van der Waals surface area contributed by atoms with E-state index in [1.807, 2.05) is 13.0 Å². The van der Waals surface area contributed by atoms with Gasteiger partial charge in [0.15, 0.2) is 0 Å². The van der Waals surface area contributed by atoms with E-state index in [-0.39, 0.29) is 13.2 Å². The van der Waals surface area contributed by atoms with Crippen molar-refractivity contribution in [3.8, 4) is 0 Å². The molecule has 1 atom stereocenters. The van der Waals surface area contributed by atoms with Gasteiger partial charge < -0.3 is 14.0 Å². The van der Waals surface area contributed by atoms with Crippen LogP contribution in [0, 0.1) is 0 Å². The van der Waals surface area contributed by atoms with Gasteiger partial charge >= 0.3 is 6.16 Å². The zero-order chi connectivity index (χ0) is 13.1. The number of ether oxygens (including phenoxy) is 2. The summed E-state index contributed by atoms with van der Waals surface area (Å²) in [7, 11) is -0.199. The van der Waals surface area contributed by atoms with Crippen LogP contribution in [0.15, 0.2) is 11.6 Å². The Morgan fingerprint density at radius 2 is 2.12 bits per heavy atom. The van der Waals surface area contributed by atoms with Crippen molar-refractivity contribution >= 4 is 14.1 Å². The summed E-state index contributed by atoms with van der Waals surface area (Å²) >= 11 is 0. The van der Waals surface area contributed by atoms with E-state index < -0.39 is 14.1 Å². The molecule has 5 nitrogen and oxygen atoms in total. The first-order chi connectivity index (χ1) is 8.10. The van der Waals surface area contributed by atoms with Gasteiger partial charge in [-0.25, -0.2) is 4.79 Å². The van der Waals surface area contributed by atoms with Crippen LogP contribution in [0.4, 0.5) is 4.79 Å². The van der Waals surface area contributed by atoms with E-state index in [0.717, 1.165) is 18.4 Å². The van der Waals surface area contributed by atoms with Gasteiger partial charge in [0.1, 0.15) is 21.2 Å². The molecule has 0 bridgehead atoms. The molecule has 0 aliphatic heterocycles. The van der Waals surface area contributed by atoms with E-state index in [1.54, 1.807) is 7.05 Å². The smallest absolute Gasteiger partial charge is 0.434 e. The summed E-state index contributed by atoms with van der Waals surface area (Å²) in [4.78, 5) is 11.1. The maximum atomic E-state index is 11.1. The van der Waals surface area contributed by atoms with Gasteiger partial charge in [0.05, 0.1) is 0 Å². The second-order valence-corrected chi connectivity index (χ2v) is 5.50. The number of nitrogens with one attached hydrogen (secondary N) is 1. The Morgan fingerprint density at radius 1 is 1.41 bits per heavy atom. The van der Waals surface area contributed by atoms with Crippen LogP contribution in [-0.2, 0) is 14.0 Å². The van der Waals surface area contributed by atoms with Crippen molar-refractivity contribution in [1.29, 1.82) is 0 Å². The molecule has 0 aliphatic carbocycles. The van der Waals surface area contributed by atoms with Crippen molar-refractivity contribution in [1.82, 2.24) is 5.09 Å². The molecule has 17 heavy (non-hydrogen) atoms. The molecule has 0 aromatic rings. The van der Waals surface area contributed by atoms with Crippen molar-refractivity contribution in [2.24, 2.45) is 0 Å². The summed E-state index contributed by atoms with van der Waals surface area (Å²) < 4.78 is 20.7. The van der Waals surface area contributed by atoms with E-state index in [0.29, 0.717) is 6.16 Å². The molecule has 0 spiro atoms. The molecule has 0 saturated heterocycles. The molecule has 0 rings (SSSR count). The number of rotatable bonds is 8. The molecule has 6 heteroatoms. The molecule has 0 aromatic carbocycles. The van der Waals surface area contributed by atoms with Crippen LogP contribution in [0.2, 0.25) is 0 Å². The van der Waals surface area contributed by atoms with E-state index in [1.165, 1.54) is 0 Å². The SMILES string of the molecule is CCC/C=C(\C)COC(=O)OCC[PH](=O)NC. The van der Waals surface area contributed by atoms with Crippen LogP contribution in [0.25, 0.3) is 0 Å². The van der Waals surface area contributed by atoms with Gasteiger partial charge in [-0.1, -0.05) is 19.4 Å². The van der Waals surface area contributed by atoms with Crippen molar-refractivity contribution < 1.29 is 18.8 Å². The van der Waals surface area contributed by atoms with Crippen LogP contribution in [-0.4, -0.2) is 32.6 Å². The summed E-state index contributed by atoms with van der Waals surface area (Å²) in [5.41, 5.74) is 1.01. The molecule has 0 heterocycles. The predicted octanol–water partition coefficient (Wildman–Crippen LogP) is 2.58. The number of unbranched alkanes of at least 4 members (excludes halogenated alkanes) is 1. The molecule has 0 amide bonds. The van der Waals surface area contributed by atoms with Gasteiger partial charge in [-0.15, -0.1) is 0 Å². The van der Waals surface area contributed by atoms with Gasteiger partial charge in [-0.05, 0) is 26.0 Å². The second-order valence-electron chi connectivity index (χ2n) is 3.65. The van der Waals surface area contributed by atoms with E-state index in [2.05, 4.69) is 12.0 Å². The summed E-state index contributed by atoms with van der Waals surface area (Å²) in [5.74, 6) is 0. The molecule has 0 fully saturated rings. The highest BCUT2D eigenvalue weighted by Gasteiger charge is 2.04. The molecule has 0 aromatic heterocycles. The molecule has 1 unspecified atom stereocenters. The lowest BCUT2D eigenvalue weighted by atomic mass is 10.2. The minimum Gasteiger partial charge on any atom is -0.434 e. The van der Waals surface area contributed by atoms with Crippen molar-refractivity contribution in [3.63, 3.8) is 0 Å². The number of carbonyl (C=O) groups excluding carboxylic acids is 1. The number of allylic oxidation sites excluding steroid dienone is 1. The summed E-state index contributed by atoms with van der Waals surface area (Å²) in [6.07, 6.45) is 3.71. The first kappa shape index (κ1) is 16.2. The first-order valence-electron chi connectivity index (χ1n) is 5.75. The van der Waals surface area contributed by atoms with Gasteiger partial charge in [0.2, 0.25) is 0 Å². The lowest BCUT2D eigenvalue weighted by Gasteiger charge is -2.06. The van der Waals surface area contributed by atoms with Gasteiger partial charge in [0, 0.05) is 6.16 Å². The lowest BCUT2D eigenvalue weighted by Crippen LogP contribution is -2.12. The summed E-state index contributed by atoms with van der Waals surface area (Å²) in [6.45, 7) is 4.36.